The Morgan fingerprint density at radius 1 is 1.43 bits per heavy atom. The van der Waals surface area contributed by atoms with E-state index < -0.39 is 0 Å². The van der Waals surface area contributed by atoms with Gasteiger partial charge < -0.3 is 5.32 Å². The first-order valence-corrected chi connectivity index (χ1v) is 8.82. The molecule has 110 valence electrons. The van der Waals surface area contributed by atoms with E-state index in [0.717, 1.165) is 28.6 Å². The number of thioether (sulfide) groups is 1. The van der Waals surface area contributed by atoms with Gasteiger partial charge in [0, 0.05) is 0 Å². The molecule has 4 nitrogen and oxygen atoms in total. The standard InChI is InChI=1S/C15H17N3OS2/c1-10-17-18-15(21-10)20-9-14(19)16-13-8-4-6-11-5-2-3-7-12(11)13/h2-3,5,7,13H,4,6,8-9H2,1H3,(H,16,19). The van der Waals surface area contributed by atoms with Gasteiger partial charge in [0.1, 0.15) is 5.01 Å². The van der Waals surface area contributed by atoms with Crippen molar-refractivity contribution in [3.8, 4) is 0 Å². The summed E-state index contributed by atoms with van der Waals surface area (Å²) in [6.45, 7) is 1.92. The fourth-order valence-corrected chi connectivity index (χ4v) is 4.23. The molecule has 0 aliphatic heterocycles. The van der Waals surface area contributed by atoms with E-state index in [1.807, 2.05) is 13.0 Å². The first-order valence-electron chi connectivity index (χ1n) is 7.02. The Hall–Kier alpha value is -1.40. The van der Waals surface area contributed by atoms with Crippen LogP contribution in [0.25, 0.3) is 0 Å². The molecule has 6 heteroatoms. The lowest BCUT2D eigenvalue weighted by molar-refractivity contribution is -0.119. The molecule has 1 aliphatic carbocycles. The monoisotopic (exact) mass is 319 g/mol. The van der Waals surface area contributed by atoms with E-state index in [-0.39, 0.29) is 11.9 Å². The molecule has 1 atom stereocenters. The summed E-state index contributed by atoms with van der Waals surface area (Å²) in [5, 5.41) is 12.1. The molecule has 0 spiro atoms. The molecule has 0 saturated carbocycles. The van der Waals surface area contributed by atoms with Crippen molar-refractivity contribution in [1.82, 2.24) is 15.5 Å². The van der Waals surface area contributed by atoms with Gasteiger partial charge in [-0.25, -0.2) is 0 Å². The first kappa shape index (κ1) is 14.5. The molecule has 1 heterocycles. The van der Waals surface area contributed by atoms with Gasteiger partial charge in [-0.15, -0.1) is 10.2 Å². The highest BCUT2D eigenvalue weighted by molar-refractivity contribution is 8.01. The predicted octanol–water partition coefficient (Wildman–Crippen LogP) is 3.13. The van der Waals surface area contributed by atoms with Crippen molar-refractivity contribution in [3.05, 3.63) is 40.4 Å². The quantitative estimate of drug-likeness (QED) is 0.880. The average molecular weight is 319 g/mol. The fourth-order valence-electron chi connectivity index (χ4n) is 2.60. The highest BCUT2D eigenvalue weighted by Gasteiger charge is 2.21. The minimum Gasteiger partial charge on any atom is -0.349 e. The summed E-state index contributed by atoms with van der Waals surface area (Å²) in [5.74, 6) is 0.461. The summed E-state index contributed by atoms with van der Waals surface area (Å²) < 4.78 is 0.853. The zero-order chi connectivity index (χ0) is 14.7. The normalized spacial score (nSPS) is 17.3. The summed E-state index contributed by atoms with van der Waals surface area (Å²) >= 11 is 2.98. The van der Waals surface area contributed by atoms with Gasteiger partial charge in [-0.1, -0.05) is 47.4 Å². The summed E-state index contributed by atoms with van der Waals surface area (Å²) in [5.41, 5.74) is 2.63. The smallest absolute Gasteiger partial charge is 0.230 e. The van der Waals surface area contributed by atoms with E-state index in [4.69, 9.17) is 0 Å². The lowest BCUT2D eigenvalue weighted by Gasteiger charge is -2.26. The lowest BCUT2D eigenvalue weighted by atomic mass is 9.88. The Kier molecular flexibility index (Phi) is 4.55. The molecule has 1 N–H and O–H groups in total. The third-order valence-electron chi connectivity index (χ3n) is 3.54. The lowest BCUT2D eigenvalue weighted by Crippen LogP contribution is -2.32. The number of rotatable bonds is 4. The zero-order valence-corrected chi connectivity index (χ0v) is 13.5. The van der Waals surface area contributed by atoms with Gasteiger partial charge >= 0.3 is 0 Å². The molecule has 0 radical (unpaired) electrons. The van der Waals surface area contributed by atoms with Crippen molar-refractivity contribution in [1.29, 1.82) is 0 Å². The number of aryl methyl sites for hydroxylation is 2. The average Bonchev–Trinajstić information content (AvgIpc) is 2.91. The van der Waals surface area contributed by atoms with Crippen LogP contribution in [0.15, 0.2) is 28.6 Å². The van der Waals surface area contributed by atoms with E-state index in [2.05, 4.69) is 33.7 Å². The van der Waals surface area contributed by atoms with E-state index in [1.165, 1.54) is 34.2 Å². The van der Waals surface area contributed by atoms with Crippen LogP contribution in [0.5, 0.6) is 0 Å². The Morgan fingerprint density at radius 2 is 2.29 bits per heavy atom. The number of fused-ring (bicyclic) bond motifs is 1. The molecular formula is C15H17N3OS2. The molecule has 0 fully saturated rings. The number of hydrogen-bond donors (Lipinski definition) is 1. The van der Waals surface area contributed by atoms with Crippen LogP contribution in [0, 0.1) is 6.92 Å². The maximum Gasteiger partial charge on any atom is 0.230 e. The van der Waals surface area contributed by atoms with E-state index in [9.17, 15) is 4.79 Å². The van der Waals surface area contributed by atoms with E-state index in [1.54, 1.807) is 0 Å². The molecule has 3 rings (SSSR count). The molecule has 1 unspecified atom stereocenters. The number of nitrogens with zero attached hydrogens (tertiary/aromatic N) is 2. The van der Waals surface area contributed by atoms with Crippen LogP contribution >= 0.6 is 23.1 Å². The van der Waals surface area contributed by atoms with Gasteiger partial charge in [-0.3, -0.25) is 4.79 Å². The van der Waals surface area contributed by atoms with Crippen LogP contribution < -0.4 is 5.32 Å². The van der Waals surface area contributed by atoms with Gasteiger partial charge in [-0.05, 0) is 37.3 Å². The molecule has 1 amide bonds. The molecule has 2 aromatic rings. The molecule has 1 aromatic heterocycles. The third kappa shape index (κ3) is 3.63. The van der Waals surface area contributed by atoms with Crippen LogP contribution in [-0.4, -0.2) is 21.9 Å². The molecule has 1 aliphatic rings. The molecular weight excluding hydrogens is 302 g/mol. The van der Waals surface area contributed by atoms with Crippen LogP contribution in [0.2, 0.25) is 0 Å². The molecule has 0 saturated heterocycles. The molecule has 21 heavy (non-hydrogen) atoms. The van der Waals surface area contributed by atoms with Crippen molar-refractivity contribution >= 4 is 29.0 Å². The highest BCUT2D eigenvalue weighted by Crippen LogP contribution is 2.29. The highest BCUT2D eigenvalue weighted by atomic mass is 32.2. The Labute approximate surface area is 132 Å². The van der Waals surface area contributed by atoms with Gasteiger partial charge in [0.25, 0.3) is 0 Å². The molecule has 0 bridgehead atoms. The maximum absolute atomic E-state index is 12.1. The topological polar surface area (TPSA) is 54.9 Å². The van der Waals surface area contributed by atoms with E-state index >= 15 is 0 Å². The van der Waals surface area contributed by atoms with Crippen molar-refractivity contribution in [2.75, 3.05) is 5.75 Å². The third-order valence-corrected chi connectivity index (χ3v) is 5.51. The number of carbonyl (C=O) groups excluding carboxylic acids is 1. The Balaban J connectivity index is 1.58. The second-order valence-corrected chi connectivity index (χ2v) is 7.49. The van der Waals surface area contributed by atoms with Gasteiger partial charge in [0.05, 0.1) is 11.8 Å². The SMILES string of the molecule is Cc1nnc(SCC(=O)NC2CCCc3ccccc32)s1. The second kappa shape index (κ2) is 6.58. The maximum atomic E-state index is 12.1. The van der Waals surface area contributed by atoms with Crippen LogP contribution in [0.4, 0.5) is 0 Å². The summed E-state index contributed by atoms with van der Waals surface area (Å²) in [4.78, 5) is 12.1. The molecule has 1 aromatic carbocycles. The Bertz CT molecular complexity index is 641. The number of carbonyl (C=O) groups is 1. The predicted molar refractivity (Wildman–Crippen MR) is 85.6 cm³/mol. The first-order chi connectivity index (χ1) is 10.2. The number of nitrogens with one attached hydrogen (secondary N) is 1. The van der Waals surface area contributed by atoms with Crippen molar-refractivity contribution in [3.63, 3.8) is 0 Å². The number of amides is 1. The minimum absolute atomic E-state index is 0.0644. The summed E-state index contributed by atoms with van der Waals surface area (Å²) in [6, 6.07) is 8.55. The largest absolute Gasteiger partial charge is 0.349 e. The van der Waals surface area contributed by atoms with Gasteiger partial charge in [0.15, 0.2) is 4.34 Å². The van der Waals surface area contributed by atoms with Crippen LogP contribution in [0.1, 0.15) is 35.0 Å². The second-order valence-electron chi connectivity index (χ2n) is 5.09. The summed E-state index contributed by atoms with van der Waals surface area (Å²) in [6.07, 6.45) is 3.26. The van der Waals surface area contributed by atoms with Crippen molar-refractivity contribution in [2.24, 2.45) is 0 Å². The number of aromatic nitrogens is 2. The van der Waals surface area contributed by atoms with Gasteiger partial charge in [0.2, 0.25) is 5.91 Å². The fraction of sp³-hybridized carbons (Fsp3) is 0.400. The van der Waals surface area contributed by atoms with Crippen LogP contribution in [0.3, 0.4) is 0 Å². The van der Waals surface area contributed by atoms with Crippen molar-refractivity contribution in [2.45, 2.75) is 36.6 Å². The number of hydrogen-bond acceptors (Lipinski definition) is 5. The van der Waals surface area contributed by atoms with E-state index in [0.29, 0.717) is 5.75 Å². The zero-order valence-electron chi connectivity index (χ0n) is 11.8. The summed E-state index contributed by atoms with van der Waals surface area (Å²) in [7, 11) is 0. The van der Waals surface area contributed by atoms with Crippen LogP contribution in [-0.2, 0) is 11.2 Å². The van der Waals surface area contributed by atoms with Gasteiger partial charge in [-0.2, -0.15) is 0 Å². The van der Waals surface area contributed by atoms with Crippen molar-refractivity contribution < 1.29 is 4.79 Å². The Morgan fingerprint density at radius 3 is 3.10 bits per heavy atom. The number of benzene rings is 1. The minimum atomic E-state index is 0.0644.